The monoisotopic (exact) mass is 253 g/mol. The standard InChI is InChI=1S/C8H16BrNOS/c1-6(2)7(9)8(11)10-4-5-12-3/h6-7H,4-5H2,1-3H3,(H,10,11). The van der Waals surface area contributed by atoms with Crippen LogP contribution in [0.5, 0.6) is 0 Å². The zero-order valence-electron chi connectivity index (χ0n) is 7.76. The molecule has 4 heteroatoms. The maximum absolute atomic E-state index is 11.3. The fraction of sp³-hybridized carbons (Fsp3) is 0.875. The molecule has 1 amide bonds. The normalized spacial score (nSPS) is 13.1. The van der Waals surface area contributed by atoms with Crippen LogP contribution >= 0.6 is 27.7 Å². The molecule has 0 saturated heterocycles. The smallest absolute Gasteiger partial charge is 0.234 e. The lowest BCUT2D eigenvalue weighted by molar-refractivity contribution is -0.120. The Morgan fingerprint density at radius 2 is 2.17 bits per heavy atom. The molecular weight excluding hydrogens is 238 g/mol. The molecule has 0 aromatic heterocycles. The first-order chi connectivity index (χ1) is 5.59. The highest BCUT2D eigenvalue weighted by atomic mass is 79.9. The van der Waals surface area contributed by atoms with Crippen LogP contribution in [-0.4, -0.2) is 29.3 Å². The minimum atomic E-state index is -0.0562. The molecule has 0 fully saturated rings. The van der Waals surface area contributed by atoms with Crippen molar-refractivity contribution >= 4 is 33.6 Å². The van der Waals surface area contributed by atoms with Gasteiger partial charge in [-0.25, -0.2) is 0 Å². The van der Waals surface area contributed by atoms with Crippen LogP contribution in [0.25, 0.3) is 0 Å². The number of amides is 1. The zero-order chi connectivity index (χ0) is 9.56. The topological polar surface area (TPSA) is 29.1 Å². The van der Waals surface area contributed by atoms with E-state index in [0.717, 1.165) is 12.3 Å². The Hall–Kier alpha value is 0.300. The summed E-state index contributed by atoms with van der Waals surface area (Å²) in [4.78, 5) is 11.2. The van der Waals surface area contributed by atoms with Crippen molar-refractivity contribution in [3.8, 4) is 0 Å². The lowest BCUT2D eigenvalue weighted by Gasteiger charge is -2.13. The lowest BCUT2D eigenvalue weighted by Crippen LogP contribution is -2.35. The third kappa shape index (κ3) is 5.04. The highest BCUT2D eigenvalue weighted by Gasteiger charge is 2.17. The summed E-state index contributed by atoms with van der Waals surface area (Å²) < 4.78 is 0. The van der Waals surface area contributed by atoms with Crippen LogP contribution < -0.4 is 5.32 Å². The van der Waals surface area contributed by atoms with Crippen molar-refractivity contribution < 1.29 is 4.79 Å². The van der Waals surface area contributed by atoms with Crippen molar-refractivity contribution in [1.82, 2.24) is 5.32 Å². The van der Waals surface area contributed by atoms with Gasteiger partial charge in [-0.2, -0.15) is 11.8 Å². The number of carbonyl (C=O) groups is 1. The number of alkyl halides is 1. The quantitative estimate of drug-likeness (QED) is 0.599. The molecule has 0 heterocycles. The SMILES string of the molecule is CSCCNC(=O)C(Br)C(C)C. The van der Waals surface area contributed by atoms with Crippen molar-refractivity contribution in [3.05, 3.63) is 0 Å². The molecule has 0 aliphatic rings. The Morgan fingerprint density at radius 1 is 1.58 bits per heavy atom. The fourth-order valence-electron chi connectivity index (χ4n) is 0.677. The molecule has 2 nitrogen and oxygen atoms in total. The molecule has 1 unspecified atom stereocenters. The zero-order valence-corrected chi connectivity index (χ0v) is 10.2. The van der Waals surface area contributed by atoms with E-state index in [2.05, 4.69) is 21.2 Å². The van der Waals surface area contributed by atoms with Gasteiger partial charge in [-0.1, -0.05) is 29.8 Å². The first-order valence-corrected chi connectivity index (χ1v) is 6.31. The van der Waals surface area contributed by atoms with Gasteiger partial charge in [0.2, 0.25) is 5.91 Å². The molecule has 0 bridgehead atoms. The van der Waals surface area contributed by atoms with Gasteiger partial charge >= 0.3 is 0 Å². The van der Waals surface area contributed by atoms with Crippen molar-refractivity contribution in [1.29, 1.82) is 0 Å². The molecule has 1 atom stereocenters. The number of carbonyl (C=O) groups excluding carboxylic acids is 1. The van der Waals surface area contributed by atoms with Gasteiger partial charge in [0, 0.05) is 12.3 Å². The summed E-state index contributed by atoms with van der Waals surface area (Å²) in [6.07, 6.45) is 2.03. The van der Waals surface area contributed by atoms with E-state index >= 15 is 0 Å². The first kappa shape index (κ1) is 12.3. The molecule has 0 radical (unpaired) electrons. The van der Waals surface area contributed by atoms with Gasteiger partial charge in [-0.05, 0) is 12.2 Å². The van der Waals surface area contributed by atoms with Crippen LogP contribution in [0.1, 0.15) is 13.8 Å². The molecule has 0 saturated carbocycles. The number of hydrogen-bond donors (Lipinski definition) is 1. The van der Waals surface area contributed by atoms with E-state index in [1.807, 2.05) is 20.1 Å². The van der Waals surface area contributed by atoms with Crippen molar-refractivity contribution in [2.45, 2.75) is 18.7 Å². The Kier molecular flexibility index (Phi) is 6.95. The summed E-state index contributed by atoms with van der Waals surface area (Å²) in [5.41, 5.74) is 0. The van der Waals surface area contributed by atoms with E-state index in [1.54, 1.807) is 11.8 Å². The molecule has 0 rings (SSSR count). The third-order valence-corrected chi connectivity index (χ3v) is 3.53. The van der Waals surface area contributed by atoms with Gasteiger partial charge in [0.15, 0.2) is 0 Å². The highest BCUT2D eigenvalue weighted by molar-refractivity contribution is 9.10. The number of halogens is 1. The second-order valence-corrected chi connectivity index (χ2v) is 4.90. The number of thioether (sulfide) groups is 1. The van der Waals surface area contributed by atoms with Gasteiger partial charge in [0.25, 0.3) is 0 Å². The molecule has 0 aromatic carbocycles. The summed E-state index contributed by atoms with van der Waals surface area (Å²) in [6, 6.07) is 0. The predicted molar refractivity (Wildman–Crippen MR) is 58.9 cm³/mol. The Labute approximate surface area is 87.0 Å². The Bertz CT molecular complexity index is 141. The summed E-state index contributed by atoms with van der Waals surface area (Å²) >= 11 is 5.07. The number of rotatable bonds is 5. The van der Waals surface area contributed by atoms with Gasteiger partial charge in [0.1, 0.15) is 0 Å². The minimum absolute atomic E-state index is 0.0562. The second kappa shape index (κ2) is 6.78. The summed E-state index contributed by atoms with van der Waals surface area (Å²) in [5, 5.41) is 2.86. The molecule has 0 aliphatic heterocycles. The van der Waals surface area contributed by atoms with Crippen molar-refractivity contribution in [2.75, 3.05) is 18.6 Å². The first-order valence-electron chi connectivity index (χ1n) is 4.00. The molecule has 0 spiro atoms. The molecule has 1 N–H and O–H groups in total. The largest absolute Gasteiger partial charge is 0.354 e. The van der Waals surface area contributed by atoms with Crippen LogP contribution in [0, 0.1) is 5.92 Å². The van der Waals surface area contributed by atoms with Crippen molar-refractivity contribution in [2.24, 2.45) is 5.92 Å². The summed E-state index contributed by atoms with van der Waals surface area (Å²) in [7, 11) is 0. The average Bonchev–Trinajstić information content (AvgIpc) is 2.03. The van der Waals surface area contributed by atoms with Crippen LogP contribution in [0.4, 0.5) is 0 Å². The Balaban J connectivity index is 3.57. The van der Waals surface area contributed by atoms with Gasteiger partial charge in [-0.15, -0.1) is 0 Å². The van der Waals surface area contributed by atoms with Gasteiger partial charge < -0.3 is 5.32 Å². The molecule has 72 valence electrons. The summed E-state index contributed by atoms with van der Waals surface area (Å²) in [5.74, 6) is 1.42. The lowest BCUT2D eigenvalue weighted by atomic mass is 10.1. The third-order valence-electron chi connectivity index (χ3n) is 1.44. The molecule has 0 aromatic rings. The molecular formula is C8H16BrNOS. The van der Waals surface area contributed by atoms with Crippen LogP contribution in [0.2, 0.25) is 0 Å². The van der Waals surface area contributed by atoms with Crippen LogP contribution in [0.3, 0.4) is 0 Å². The van der Waals surface area contributed by atoms with Gasteiger partial charge in [0.05, 0.1) is 4.83 Å². The van der Waals surface area contributed by atoms with E-state index in [0.29, 0.717) is 5.92 Å². The predicted octanol–water partition coefficient (Wildman–Crippen LogP) is 1.89. The van der Waals surface area contributed by atoms with Gasteiger partial charge in [-0.3, -0.25) is 4.79 Å². The molecule has 12 heavy (non-hydrogen) atoms. The van der Waals surface area contributed by atoms with E-state index in [4.69, 9.17) is 0 Å². The van der Waals surface area contributed by atoms with E-state index < -0.39 is 0 Å². The maximum Gasteiger partial charge on any atom is 0.234 e. The molecule has 0 aliphatic carbocycles. The fourth-order valence-corrected chi connectivity index (χ4v) is 1.14. The van der Waals surface area contributed by atoms with E-state index in [9.17, 15) is 4.79 Å². The van der Waals surface area contributed by atoms with E-state index in [-0.39, 0.29) is 10.7 Å². The second-order valence-electron chi connectivity index (χ2n) is 2.93. The summed E-state index contributed by atoms with van der Waals surface area (Å²) in [6.45, 7) is 4.80. The van der Waals surface area contributed by atoms with Crippen molar-refractivity contribution in [3.63, 3.8) is 0 Å². The highest BCUT2D eigenvalue weighted by Crippen LogP contribution is 2.11. The Morgan fingerprint density at radius 3 is 2.58 bits per heavy atom. The average molecular weight is 254 g/mol. The number of hydrogen-bond acceptors (Lipinski definition) is 2. The van der Waals surface area contributed by atoms with E-state index in [1.165, 1.54) is 0 Å². The minimum Gasteiger partial charge on any atom is -0.354 e. The van der Waals surface area contributed by atoms with Crippen LogP contribution in [-0.2, 0) is 4.79 Å². The maximum atomic E-state index is 11.3. The number of nitrogens with one attached hydrogen (secondary N) is 1. The van der Waals surface area contributed by atoms with Crippen LogP contribution in [0.15, 0.2) is 0 Å².